The number of aromatic nitrogens is 3. The molecule has 0 aromatic carbocycles. The quantitative estimate of drug-likeness (QED) is 0.935. The second kappa shape index (κ2) is 6.38. The fourth-order valence-electron chi connectivity index (χ4n) is 3.68. The van der Waals surface area contributed by atoms with Crippen molar-refractivity contribution in [1.29, 1.82) is 0 Å². The van der Waals surface area contributed by atoms with E-state index in [1.165, 1.54) is 11.3 Å². The third-order valence-corrected chi connectivity index (χ3v) is 4.64. The van der Waals surface area contributed by atoms with E-state index in [1.807, 2.05) is 36.7 Å². The van der Waals surface area contributed by atoms with Crippen molar-refractivity contribution in [2.75, 3.05) is 0 Å². The molecule has 3 rings (SSSR count). The summed E-state index contributed by atoms with van der Waals surface area (Å²) >= 11 is 0. The molecular weight excluding hydrogens is 300 g/mol. The van der Waals surface area contributed by atoms with E-state index in [9.17, 15) is 4.79 Å². The van der Waals surface area contributed by atoms with Crippen LogP contribution in [0.4, 0.5) is 0 Å². The lowest BCUT2D eigenvalue weighted by Gasteiger charge is -2.36. The van der Waals surface area contributed by atoms with E-state index in [1.54, 1.807) is 6.20 Å². The van der Waals surface area contributed by atoms with E-state index in [0.717, 1.165) is 30.8 Å². The Morgan fingerprint density at radius 1 is 1.42 bits per heavy atom. The molecule has 0 fully saturated rings. The molecule has 1 amide bonds. The summed E-state index contributed by atoms with van der Waals surface area (Å²) in [6.07, 6.45) is 5.08. The Kier molecular flexibility index (Phi) is 4.43. The van der Waals surface area contributed by atoms with Crippen LogP contribution in [0.25, 0.3) is 5.82 Å². The number of nitrogens with zero attached hydrogens (tertiary/aromatic N) is 3. The van der Waals surface area contributed by atoms with Crippen LogP contribution in [0.5, 0.6) is 0 Å². The van der Waals surface area contributed by atoms with Crippen molar-refractivity contribution in [2.24, 2.45) is 5.41 Å². The monoisotopic (exact) mass is 326 g/mol. The smallest absolute Gasteiger partial charge is 0.220 e. The van der Waals surface area contributed by atoms with Gasteiger partial charge in [-0.25, -0.2) is 9.67 Å². The van der Waals surface area contributed by atoms with Crippen molar-refractivity contribution in [1.82, 2.24) is 20.1 Å². The molecule has 0 spiro atoms. The van der Waals surface area contributed by atoms with Gasteiger partial charge in [0.25, 0.3) is 0 Å². The SMILES string of the molecule is CCCC(=O)NC1CC(C)(C)Cc2c1c(C)nn2-c1ccccn1. The first kappa shape index (κ1) is 16.7. The maximum Gasteiger partial charge on any atom is 0.220 e. The highest BCUT2D eigenvalue weighted by molar-refractivity contribution is 5.76. The normalized spacial score (nSPS) is 18.9. The van der Waals surface area contributed by atoms with Gasteiger partial charge in [0, 0.05) is 18.2 Å². The van der Waals surface area contributed by atoms with Crippen LogP contribution in [-0.4, -0.2) is 20.7 Å². The Balaban J connectivity index is 2.04. The molecule has 2 aromatic rings. The van der Waals surface area contributed by atoms with Gasteiger partial charge in [-0.05, 0) is 43.7 Å². The Hall–Kier alpha value is -2.17. The predicted octanol–water partition coefficient (Wildman–Crippen LogP) is 3.51. The van der Waals surface area contributed by atoms with Gasteiger partial charge in [0.15, 0.2) is 5.82 Å². The van der Waals surface area contributed by atoms with Crippen LogP contribution in [0.2, 0.25) is 0 Å². The Bertz CT molecular complexity index is 733. The molecular formula is C19H26N4O. The minimum atomic E-state index is 0.0280. The molecule has 0 saturated carbocycles. The lowest BCUT2D eigenvalue weighted by molar-refractivity contribution is -0.122. The van der Waals surface area contributed by atoms with Crippen molar-refractivity contribution in [3.63, 3.8) is 0 Å². The Labute approximate surface area is 143 Å². The van der Waals surface area contributed by atoms with Gasteiger partial charge in [-0.3, -0.25) is 4.79 Å². The predicted molar refractivity (Wildman–Crippen MR) is 94.0 cm³/mol. The van der Waals surface area contributed by atoms with Crippen LogP contribution in [0.1, 0.15) is 63.0 Å². The van der Waals surface area contributed by atoms with E-state index >= 15 is 0 Å². The standard InChI is InChI=1S/C19H26N4O/c1-5-8-17(24)21-14-11-19(3,4)12-15-18(14)13(2)22-23(15)16-9-6-7-10-20-16/h6-7,9-10,14H,5,8,11-12H2,1-4H3,(H,21,24). The zero-order valence-electron chi connectivity index (χ0n) is 15.0. The molecule has 0 radical (unpaired) electrons. The first-order valence-corrected chi connectivity index (χ1v) is 8.70. The summed E-state index contributed by atoms with van der Waals surface area (Å²) < 4.78 is 1.95. The summed E-state index contributed by atoms with van der Waals surface area (Å²) in [5.74, 6) is 0.953. The van der Waals surface area contributed by atoms with Crippen LogP contribution in [0.3, 0.4) is 0 Å². The number of hydrogen-bond acceptors (Lipinski definition) is 3. The molecule has 1 N–H and O–H groups in total. The second-order valence-electron chi connectivity index (χ2n) is 7.46. The van der Waals surface area contributed by atoms with Crippen LogP contribution < -0.4 is 5.32 Å². The summed E-state index contributed by atoms with van der Waals surface area (Å²) in [7, 11) is 0. The minimum absolute atomic E-state index is 0.0280. The van der Waals surface area contributed by atoms with Crippen molar-refractivity contribution in [3.05, 3.63) is 41.3 Å². The van der Waals surface area contributed by atoms with Crippen LogP contribution in [0.15, 0.2) is 24.4 Å². The highest BCUT2D eigenvalue weighted by Gasteiger charge is 2.37. The molecule has 0 aliphatic heterocycles. The molecule has 2 heterocycles. The van der Waals surface area contributed by atoms with Crippen LogP contribution in [-0.2, 0) is 11.2 Å². The number of pyridine rings is 1. The van der Waals surface area contributed by atoms with E-state index in [0.29, 0.717) is 6.42 Å². The number of nitrogens with one attached hydrogen (secondary N) is 1. The molecule has 5 nitrogen and oxygen atoms in total. The molecule has 2 aromatic heterocycles. The summed E-state index contributed by atoms with van der Waals surface area (Å²) in [6.45, 7) is 8.55. The average Bonchev–Trinajstić information content (AvgIpc) is 2.83. The molecule has 128 valence electrons. The topological polar surface area (TPSA) is 59.8 Å². The number of aryl methyl sites for hydroxylation is 1. The van der Waals surface area contributed by atoms with Crippen molar-refractivity contribution in [3.8, 4) is 5.82 Å². The highest BCUT2D eigenvalue weighted by Crippen LogP contribution is 2.42. The maximum absolute atomic E-state index is 12.2. The fourth-order valence-corrected chi connectivity index (χ4v) is 3.68. The molecule has 5 heteroatoms. The summed E-state index contributed by atoms with van der Waals surface area (Å²) in [5.41, 5.74) is 3.43. The number of fused-ring (bicyclic) bond motifs is 1. The summed E-state index contributed by atoms with van der Waals surface area (Å²) in [5, 5.41) is 7.96. The first-order valence-electron chi connectivity index (χ1n) is 8.70. The zero-order chi connectivity index (χ0) is 17.3. The molecule has 1 atom stereocenters. The first-order chi connectivity index (χ1) is 11.4. The van der Waals surface area contributed by atoms with Gasteiger partial charge >= 0.3 is 0 Å². The largest absolute Gasteiger partial charge is 0.349 e. The molecule has 0 saturated heterocycles. The molecule has 0 bridgehead atoms. The highest BCUT2D eigenvalue weighted by atomic mass is 16.1. The number of carbonyl (C=O) groups is 1. The molecule has 24 heavy (non-hydrogen) atoms. The lowest BCUT2D eigenvalue weighted by Crippen LogP contribution is -2.37. The van der Waals surface area contributed by atoms with Gasteiger partial charge < -0.3 is 5.32 Å². The molecule has 1 aliphatic rings. The molecule has 1 aliphatic carbocycles. The van der Waals surface area contributed by atoms with Gasteiger partial charge in [-0.2, -0.15) is 5.10 Å². The number of carbonyl (C=O) groups excluding carboxylic acids is 1. The zero-order valence-corrected chi connectivity index (χ0v) is 15.0. The maximum atomic E-state index is 12.2. The minimum Gasteiger partial charge on any atom is -0.349 e. The number of amides is 1. The third-order valence-electron chi connectivity index (χ3n) is 4.64. The van der Waals surface area contributed by atoms with E-state index in [4.69, 9.17) is 5.10 Å². The van der Waals surface area contributed by atoms with Crippen molar-refractivity contribution in [2.45, 2.75) is 59.4 Å². The average molecular weight is 326 g/mol. The van der Waals surface area contributed by atoms with Crippen molar-refractivity contribution < 1.29 is 4.79 Å². The van der Waals surface area contributed by atoms with Gasteiger partial charge in [-0.15, -0.1) is 0 Å². The second-order valence-corrected chi connectivity index (χ2v) is 7.46. The van der Waals surface area contributed by atoms with Gasteiger partial charge in [0.2, 0.25) is 5.91 Å². The number of hydrogen-bond donors (Lipinski definition) is 1. The molecule has 1 unspecified atom stereocenters. The summed E-state index contributed by atoms with van der Waals surface area (Å²) in [6, 6.07) is 5.88. The fraction of sp³-hybridized carbons (Fsp3) is 0.526. The van der Waals surface area contributed by atoms with E-state index < -0.39 is 0 Å². The third kappa shape index (κ3) is 3.21. The van der Waals surface area contributed by atoms with E-state index in [2.05, 4.69) is 24.1 Å². The van der Waals surface area contributed by atoms with Crippen LogP contribution >= 0.6 is 0 Å². The number of rotatable bonds is 4. The van der Waals surface area contributed by atoms with E-state index in [-0.39, 0.29) is 17.4 Å². The van der Waals surface area contributed by atoms with Gasteiger partial charge in [0.1, 0.15) is 0 Å². The Morgan fingerprint density at radius 3 is 2.88 bits per heavy atom. The summed E-state index contributed by atoms with van der Waals surface area (Å²) in [4.78, 5) is 16.6. The van der Waals surface area contributed by atoms with Crippen LogP contribution in [0, 0.1) is 12.3 Å². The van der Waals surface area contributed by atoms with Gasteiger partial charge in [0.05, 0.1) is 17.4 Å². The van der Waals surface area contributed by atoms with Crippen molar-refractivity contribution >= 4 is 5.91 Å². The van der Waals surface area contributed by atoms with Gasteiger partial charge in [-0.1, -0.05) is 26.8 Å². The Morgan fingerprint density at radius 2 is 2.21 bits per heavy atom. The lowest BCUT2D eigenvalue weighted by atomic mass is 9.73.